The number of phosphoric acid groups is 1. The number of hydrogen-bond donors (Lipinski definition) is 2. The van der Waals surface area contributed by atoms with Crippen molar-refractivity contribution in [2.75, 3.05) is 6.61 Å². The Labute approximate surface area is 155 Å². The maximum atomic E-state index is 10.4. The van der Waals surface area contributed by atoms with Crippen molar-refractivity contribution < 1.29 is 18.9 Å². The zero-order valence-corrected chi connectivity index (χ0v) is 17.1. The fourth-order valence-electron chi connectivity index (χ4n) is 2.48. The maximum absolute atomic E-state index is 10.4. The molecule has 0 aliphatic heterocycles. The van der Waals surface area contributed by atoms with E-state index in [-0.39, 0.29) is 31.4 Å². The molecule has 0 saturated heterocycles. The first-order chi connectivity index (χ1) is 10.1. The summed E-state index contributed by atoms with van der Waals surface area (Å²) in [5.74, 6) is 0. The van der Waals surface area contributed by atoms with Crippen LogP contribution in [0.4, 0.5) is 0 Å². The second-order valence-corrected chi connectivity index (χ2v) is 7.16. The van der Waals surface area contributed by atoms with E-state index in [4.69, 9.17) is 9.79 Å². The van der Waals surface area contributed by atoms with Crippen LogP contribution < -0.4 is 0 Å². The molecule has 7 heteroatoms. The molecule has 0 aliphatic carbocycles. The molecule has 0 aromatic rings. The molecular weight excluding hydrogens is 358 g/mol. The highest BCUT2D eigenvalue weighted by atomic mass is 35.5. The lowest BCUT2D eigenvalue weighted by atomic mass is 10.0. The molecule has 23 heavy (non-hydrogen) atoms. The average molecular weight is 395 g/mol. The van der Waals surface area contributed by atoms with Crippen molar-refractivity contribution in [2.24, 2.45) is 0 Å². The van der Waals surface area contributed by atoms with Crippen molar-refractivity contribution >= 4 is 32.6 Å². The molecule has 0 aromatic carbocycles. The molecule has 4 nitrogen and oxygen atoms in total. The molecule has 0 aliphatic rings. The molecule has 0 unspecified atom stereocenters. The van der Waals surface area contributed by atoms with Gasteiger partial charge in [-0.25, -0.2) is 4.57 Å². The van der Waals surface area contributed by atoms with E-state index in [1.807, 2.05) is 0 Å². The molecule has 0 spiro atoms. The Hall–Kier alpha value is 0.690. The van der Waals surface area contributed by atoms with Crippen molar-refractivity contribution in [3.63, 3.8) is 0 Å². The Bertz CT molecular complexity index is 262. The molecule has 0 radical (unpaired) electrons. The van der Waals surface area contributed by atoms with Crippen LogP contribution in [-0.4, -0.2) is 16.4 Å². The summed E-state index contributed by atoms with van der Waals surface area (Å²) in [7, 11) is -4.25. The lowest BCUT2D eigenvalue weighted by Crippen LogP contribution is -1.92. The van der Waals surface area contributed by atoms with Gasteiger partial charge in [-0.2, -0.15) is 0 Å². The number of phosphoric ester groups is 1. The standard InChI is InChI=1S/C16H35O4P.2ClH/c1-2-3-4-5-6-7-8-9-10-11-12-13-14-15-16-20-21(17,18)19;;/h2-16H2,1H3,(H2,17,18,19);2*1H. The van der Waals surface area contributed by atoms with E-state index in [0.29, 0.717) is 0 Å². The van der Waals surface area contributed by atoms with Crippen LogP contribution in [0.25, 0.3) is 0 Å². The summed E-state index contributed by atoms with van der Waals surface area (Å²) in [4.78, 5) is 17.0. The van der Waals surface area contributed by atoms with Crippen molar-refractivity contribution in [3.05, 3.63) is 0 Å². The van der Waals surface area contributed by atoms with Gasteiger partial charge in [0.05, 0.1) is 6.61 Å². The van der Waals surface area contributed by atoms with Gasteiger partial charge < -0.3 is 9.79 Å². The van der Waals surface area contributed by atoms with E-state index in [0.717, 1.165) is 19.3 Å². The van der Waals surface area contributed by atoms with E-state index in [2.05, 4.69) is 11.4 Å². The fraction of sp³-hybridized carbons (Fsp3) is 1.00. The van der Waals surface area contributed by atoms with Crippen LogP contribution in [-0.2, 0) is 9.09 Å². The van der Waals surface area contributed by atoms with Crippen molar-refractivity contribution in [1.82, 2.24) is 0 Å². The van der Waals surface area contributed by atoms with Gasteiger partial charge >= 0.3 is 7.82 Å². The summed E-state index contributed by atoms with van der Waals surface area (Å²) in [6, 6.07) is 0. The Morgan fingerprint density at radius 2 is 0.957 bits per heavy atom. The van der Waals surface area contributed by atoms with Gasteiger partial charge in [-0.1, -0.05) is 90.4 Å². The number of unbranched alkanes of at least 4 members (excludes halogenated alkanes) is 13. The van der Waals surface area contributed by atoms with Gasteiger partial charge in [-0.15, -0.1) is 24.8 Å². The summed E-state index contributed by atoms with van der Waals surface area (Å²) in [5, 5.41) is 0. The highest BCUT2D eigenvalue weighted by Gasteiger charge is 2.12. The first-order valence-electron chi connectivity index (χ1n) is 8.76. The van der Waals surface area contributed by atoms with Gasteiger partial charge in [0.2, 0.25) is 0 Å². The Balaban J connectivity index is -0.00000200. The minimum Gasteiger partial charge on any atom is -0.303 e. The average Bonchev–Trinajstić information content (AvgIpc) is 2.42. The van der Waals surface area contributed by atoms with Crippen molar-refractivity contribution in [3.8, 4) is 0 Å². The number of halogens is 2. The van der Waals surface area contributed by atoms with E-state index < -0.39 is 7.82 Å². The summed E-state index contributed by atoms with van der Waals surface area (Å²) >= 11 is 0. The first kappa shape index (κ1) is 28.5. The SMILES string of the molecule is CCCCCCCCCCCCCCCCOP(=O)(O)O.Cl.Cl. The molecule has 0 aromatic heterocycles. The highest BCUT2D eigenvalue weighted by molar-refractivity contribution is 7.46. The van der Waals surface area contributed by atoms with E-state index in [1.54, 1.807) is 0 Å². The third kappa shape index (κ3) is 27.8. The monoisotopic (exact) mass is 394 g/mol. The molecular formula is C16H37Cl2O4P. The van der Waals surface area contributed by atoms with Crippen LogP contribution in [0.5, 0.6) is 0 Å². The lowest BCUT2D eigenvalue weighted by Gasteiger charge is -2.05. The molecule has 0 bridgehead atoms. The third-order valence-electron chi connectivity index (χ3n) is 3.76. The quantitative estimate of drug-likeness (QED) is 0.234. The van der Waals surface area contributed by atoms with Gasteiger partial charge in [0.25, 0.3) is 0 Å². The molecule has 2 N–H and O–H groups in total. The second kappa shape index (κ2) is 20.7. The van der Waals surface area contributed by atoms with Crippen molar-refractivity contribution in [2.45, 2.75) is 96.8 Å². The molecule has 0 heterocycles. The summed E-state index contributed by atoms with van der Waals surface area (Å²) < 4.78 is 14.8. The van der Waals surface area contributed by atoms with Crippen LogP contribution in [0.3, 0.4) is 0 Å². The first-order valence-corrected chi connectivity index (χ1v) is 10.3. The fourth-order valence-corrected chi connectivity index (χ4v) is 2.85. The van der Waals surface area contributed by atoms with Crippen molar-refractivity contribution in [1.29, 1.82) is 0 Å². The van der Waals surface area contributed by atoms with Crippen LogP contribution in [0.2, 0.25) is 0 Å². The van der Waals surface area contributed by atoms with E-state index in [1.165, 1.54) is 70.6 Å². The molecule has 0 fully saturated rings. The number of rotatable bonds is 16. The largest absolute Gasteiger partial charge is 0.469 e. The van der Waals surface area contributed by atoms with E-state index in [9.17, 15) is 4.57 Å². The summed E-state index contributed by atoms with van der Waals surface area (Å²) in [6.45, 7) is 2.42. The van der Waals surface area contributed by atoms with Crippen LogP contribution in [0, 0.1) is 0 Å². The topological polar surface area (TPSA) is 66.8 Å². The minimum absolute atomic E-state index is 0. The van der Waals surface area contributed by atoms with Crippen LogP contribution in [0.15, 0.2) is 0 Å². The molecule has 0 rings (SSSR count). The van der Waals surface area contributed by atoms with Gasteiger partial charge in [0.15, 0.2) is 0 Å². The lowest BCUT2D eigenvalue weighted by molar-refractivity contribution is 0.193. The Morgan fingerprint density at radius 3 is 1.26 bits per heavy atom. The predicted octanol–water partition coefficient (Wildman–Crippen LogP) is 6.42. The maximum Gasteiger partial charge on any atom is 0.469 e. The zero-order chi connectivity index (χ0) is 15.8. The molecule has 0 saturated carbocycles. The van der Waals surface area contributed by atoms with Crippen LogP contribution in [0.1, 0.15) is 96.8 Å². The van der Waals surface area contributed by atoms with Crippen LogP contribution >= 0.6 is 32.6 Å². The smallest absolute Gasteiger partial charge is 0.303 e. The molecule has 0 amide bonds. The number of hydrogen-bond acceptors (Lipinski definition) is 2. The normalized spacial score (nSPS) is 10.9. The molecule has 0 atom stereocenters. The summed E-state index contributed by atoms with van der Waals surface area (Å²) in [6.07, 6.45) is 17.8. The predicted molar refractivity (Wildman–Crippen MR) is 103 cm³/mol. The second-order valence-electron chi connectivity index (χ2n) is 5.92. The zero-order valence-electron chi connectivity index (χ0n) is 14.6. The third-order valence-corrected chi connectivity index (χ3v) is 4.28. The van der Waals surface area contributed by atoms with Gasteiger partial charge in [-0.3, -0.25) is 4.52 Å². The highest BCUT2D eigenvalue weighted by Crippen LogP contribution is 2.35. The van der Waals surface area contributed by atoms with Gasteiger partial charge in [0, 0.05) is 0 Å². The van der Waals surface area contributed by atoms with E-state index >= 15 is 0 Å². The Kier molecular flexibility index (Phi) is 25.7. The Morgan fingerprint density at radius 1 is 0.652 bits per heavy atom. The van der Waals surface area contributed by atoms with Gasteiger partial charge in [-0.05, 0) is 6.42 Å². The van der Waals surface area contributed by atoms with Gasteiger partial charge in [0.1, 0.15) is 0 Å². The summed E-state index contributed by atoms with van der Waals surface area (Å²) in [5.41, 5.74) is 0. The minimum atomic E-state index is -4.25. The molecule has 144 valence electrons.